The normalized spacial score (nSPS) is 11.7. The maximum absolute atomic E-state index is 12.9. The number of benzene rings is 2. The molecule has 0 atom stereocenters. The lowest BCUT2D eigenvalue weighted by Crippen LogP contribution is -2.12. The topological polar surface area (TPSA) is 64.7 Å². The van der Waals surface area contributed by atoms with Crippen LogP contribution in [0, 0.1) is 0 Å². The Labute approximate surface area is 163 Å². The van der Waals surface area contributed by atoms with E-state index in [0.29, 0.717) is 16.9 Å². The van der Waals surface area contributed by atoms with E-state index in [1.807, 2.05) is 42.5 Å². The van der Waals surface area contributed by atoms with Crippen LogP contribution in [0.3, 0.4) is 0 Å². The van der Waals surface area contributed by atoms with Gasteiger partial charge >= 0.3 is 6.18 Å². The summed E-state index contributed by atoms with van der Waals surface area (Å²) >= 11 is 0. The van der Waals surface area contributed by atoms with Crippen LogP contribution in [-0.2, 0) is 19.8 Å². The second-order valence-corrected chi connectivity index (χ2v) is 6.56. The Morgan fingerprint density at radius 2 is 1.90 bits per heavy atom. The molecule has 0 spiro atoms. The highest BCUT2D eigenvalue weighted by Gasteiger charge is 2.35. The van der Waals surface area contributed by atoms with Gasteiger partial charge in [0.25, 0.3) is 5.91 Å². The number of nitrogens with one attached hydrogen (secondary N) is 1. The predicted octanol–water partition coefficient (Wildman–Crippen LogP) is 4.09. The zero-order valence-electron chi connectivity index (χ0n) is 15.3. The summed E-state index contributed by atoms with van der Waals surface area (Å²) in [7, 11) is 1.14. The van der Waals surface area contributed by atoms with Crippen LogP contribution in [-0.4, -0.2) is 25.5 Å². The van der Waals surface area contributed by atoms with E-state index in [1.165, 1.54) is 6.20 Å². The summed E-state index contributed by atoms with van der Waals surface area (Å²) in [4.78, 5) is 12.3. The maximum atomic E-state index is 12.9. The Morgan fingerprint density at radius 3 is 2.66 bits per heavy atom. The number of carbonyl (C=O) groups is 1. The number of rotatable bonds is 4. The van der Waals surface area contributed by atoms with Crippen molar-refractivity contribution in [1.29, 1.82) is 0 Å². The van der Waals surface area contributed by atoms with Crippen LogP contribution in [0.25, 0.3) is 10.8 Å². The van der Waals surface area contributed by atoms with Gasteiger partial charge in [0.15, 0.2) is 5.69 Å². The number of carbonyl (C=O) groups excluding carboxylic acids is 1. The van der Waals surface area contributed by atoms with E-state index in [4.69, 9.17) is 0 Å². The zero-order chi connectivity index (χ0) is 20.6. The van der Waals surface area contributed by atoms with E-state index in [-0.39, 0.29) is 5.69 Å². The minimum absolute atomic E-state index is 0.318. The average Bonchev–Trinajstić information content (AvgIpc) is 3.28. The van der Waals surface area contributed by atoms with Crippen molar-refractivity contribution in [3.8, 4) is 0 Å². The van der Waals surface area contributed by atoms with Gasteiger partial charge in [-0.3, -0.25) is 14.2 Å². The molecule has 2 heterocycles. The lowest BCUT2D eigenvalue weighted by atomic mass is 10.0. The number of aromatic nitrogens is 4. The van der Waals surface area contributed by atoms with Crippen LogP contribution >= 0.6 is 0 Å². The van der Waals surface area contributed by atoms with E-state index in [0.717, 1.165) is 29.4 Å². The fraction of sp³-hybridized carbons (Fsp3) is 0.150. The van der Waals surface area contributed by atoms with Crippen molar-refractivity contribution in [1.82, 2.24) is 19.6 Å². The monoisotopic (exact) mass is 399 g/mol. The average molecular weight is 399 g/mol. The summed E-state index contributed by atoms with van der Waals surface area (Å²) in [6.45, 7) is 0.485. The summed E-state index contributed by atoms with van der Waals surface area (Å²) in [6, 6.07) is 14.7. The molecule has 4 aromatic rings. The smallest absolute Gasteiger partial charge is 0.318 e. The summed E-state index contributed by atoms with van der Waals surface area (Å²) in [5.41, 5.74) is 0.119. The molecule has 0 saturated carbocycles. The van der Waals surface area contributed by atoms with Crippen LogP contribution in [0.2, 0.25) is 0 Å². The third kappa shape index (κ3) is 3.84. The number of anilines is 1. The predicted molar refractivity (Wildman–Crippen MR) is 101 cm³/mol. The molecule has 1 N–H and O–H groups in total. The number of halogens is 3. The van der Waals surface area contributed by atoms with E-state index in [2.05, 4.69) is 15.5 Å². The largest absolute Gasteiger partial charge is 0.433 e. The minimum Gasteiger partial charge on any atom is -0.318 e. The number of amides is 1. The highest BCUT2D eigenvalue weighted by atomic mass is 19.4. The van der Waals surface area contributed by atoms with E-state index >= 15 is 0 Å². The molecular formula is C20H16F3N5O. The summed E-state index contributed by atoms with van der Waals surface area (Å²) in [6.07, 6.45) is -1.52. The van der Waals surface area contributed by atoms with Crippen molar-refractivity contribution in [3.63, 3.8) is 0 Å². The van der Waals surface area contributed by atoms with Crippen molar-refractivity contribution in [3.05, 3.63) is 77.9 Å². The zero-order valence-corrected chi connectivity index (χ0v) is 15.3. The first kappa shape index (κ1) is 18.7. The molecule has 6 nitrogen and oxygen atoms in total. The molecule has 2 aromatic carbocycles. The van der Waals surface area contributed by atoms with Gasteiger partial charge in [-0.2, -0.15) is 23.4 Å². The Morgan fingerprint density at radius 1 is 1.14 bits per heavy atom. The molecule has 0 aliphatic rings. The van der Waals surface area contributed by atoms with Gasteiger partial charge in [-0.05, 0) is 16.3 Å². The highest BCUT2D eigenvalue weighted by molar-refractivity contribution is 6.02. The number of nitrogens with zero attached hydrogens (tertiary/aromatic N) is 4. The van der Waals surface area contributed by atoms with Gasteiger partial charge in [-0.25, -0.2) is 0 Å². The first-order valence-corrected chi connectivity index (χ1v) is 8.73. The van der Waals surface area contributed by atoms with Gasteiger partial charge in [0.2, 0.25) is 0 Å². The first-order valence-electron chi connectivity index (χ1n) is 8.73. The van der Waals surface area contributed by atoms with Crippen molar-refractivity contribution < 1.29 is 18.0 Å². The van der Waals surface area contributed by atoms with Gasteiger partial charge in [-0.1, -0.05) is 42.5 Å². The SMILES string of the molecule is Cn1nc(C(=O)Nc2cnn(Cc3cccc4ccccc34)c2)cc1C(F)(F)F. The molecule has 0 radical (unpaired) electrons. The van der Waals surface area contributed by atoms with Gasteiger partial charge in [0.1, 0.15) is 5.69 Å². The second kappa shape index (κ2) is 7.08. The molecule has 4 rings (SSSR count). The molecule has 29 heavy (non-hydrogen) atoms. The number of fused-ring (bicyclic) bond motifs is 1. The third-order valence-corrected chi connectivity index (χ3v) is 4.51. The van der Waals surface area contributed by atoms with E-state index in [1.54, 1.807) is 10.9 Å². The molecule has 0 aliphatic carbocycles. The lowest BCUT2D eigenvalue weighted by Gasteiger charge is -2.06. The lowest BCUT2D eigenvalue weighted by molar-refractivity contribution is -0.143. The molecule has 0 bridgehead atoms. The Hall–Kier alpha value is -3.62. The first-order chi connectivity index (χ1) is 13.8. The van der Waals surface area contributed by atoms with Gasteiger partial charge in [0, 0.05) is 19.3 Å². The van der Waals surface area contributed by atoms with Gasteiger partial charge < -0.3 is 5.32 Å². The molecule has 0 fully saturated rings. The summed E-state index contributed by atoms with van der Waals surface area (Å²) in [5, 5.41) is 12.6. The minimum atomic E-state index is -4.58. The summed E-state index contributed by atoms with van der Waals surface area (Å²) < 4.78 is 40.9. The molecule has 2 aromatic heterocycles. The van der Waals surface area contributed by atoms with Crippen molar-refractivity contribution in [2.75, 3.05) is 5.32 Å². The Balaban J connectivity index is 1.50. The molecule has 9 heteroatoms. The Bertz CT molecular complexity index is 1190. The molecule has 0 saturated heterocycles. The second-order valence-electron chi connectivity index (χ2n) is 6.56. The van der Waals surface area contributed by atoms with Crippen LogP contribution in [0.15, 0.2) is 60.9 Å². The number of hydrogen-bond acceptors (Lipinski definition) is 3. The fourth-order valence-corrected chi connectivity index (χ4v) is 3.16. The molecule has 0 unspecified atom stereocenters. The quantitative estimate of drug-likeness (QED) is 0.562. The molecule has 148 valence electrons. The maximum Gasteiger partial charge on any atom is 0.433 e. The van der Waals surface area contributed by atoms with Crippen molar-refractivity contribution in [2.24, 2.45) is 7.05 Å². The fourth-order valence-electron chi connectivity index (χ4n) is 3.16. The highest BCUT2D eigenvalue weighted by Crippen LogP contribution is 2.29. The number of aryl methyl sites for hydroxylation is 1. The van der Waals surface area contributed by atoms with Gasteiger partial charge in [0.05, 0.1) is 18.4 Å². The molecule has 1 amide bonds. The Kier molecular flexibility index (Phi) is 4.57. The van der Waals surface area contributed by atoms with E-state index < -0.39 is 17.8 Å². The van der Waals surface area contributed by atoms with Crippen LogP contribution in [0.4, 0.5) is 18.9 Å². The standard InChI is InChI=1S/C20H16F3N5O/c1-27-18(20(21,22)23)9-17(26-27)19(29)25-15-10-24-28(12-15)11-14-7-4-6-13-5-2-3-8-16(13)14/h2-10,12H,11H2,1H3,(H,25,29). The molecule has 0 aliphatic heterocycles. The van der Waals surface area contributed by atoms with Crippen LogP contribution < -0.4 is 5.32 Å². The molecular weight excluding hydrogens is 383 g/mol. The van der Waals surface area contributed by atoms with Crippen LogP contribution in [0.5, 0.6) is 0 Å². The number of alkyl halides is 3. The summed E-state index contributed by atoms with van der Waals surface area (Å²) in [5.74, 6) is -0.735. The van der Waals surface area contributed by atoms with Gasteiger partial charge in [-0.15, -0.1) is 0 Å². The van der Waals surface area contributed by atoms with E-state index in [9.17, 15) is 18.0 Å². The third-order valence-electron chi connectivity index (χ3n) is 4.51. The van der Waals surface area contributed by atoms with Crippen molar-refractivity contribution >= 4 is 22.4 Å². The van der Waals surface area contributed by atoms with Crippen LogP contribution in [0.1, 0.15) is 21.7 Å². The van der Waals surface area contributed by atoms with Crippen molar-refractivity contribution in [2.45, 2.75) is 12.7 Å². The number of hydrogen-bond donors (Lipinski definition) is 1.